The number of rotatable bonds is 3. The van der Waals surface area contributed by atoms with Gasteiger partial charge in [-0.25, -0.2) is 9.78 Å². The van der Waals surface area contributed by atoms with E-state index in [0.29, 0.717) is 24.4 Å². The number of nitrogens with one attached hydrogen (secondary N) is 1. The van der Waals surface area contributed by atoms with Crippen LogP contribution >= 0.6 is 11.3 Å². The van der Waals surface area contributed by atoms with E-state index in [-0.39, 0.29) is 11.2 Å². The highest BCUT2D eigenvalue weighted by Crippen LogP contribution is 2.35. The van der Waals surface area contributed by atoms with Gasteiger partial charge in [0.25, 0.3) is 0 Å². The zero-order chi connectivity index (χ0) is 17.3. The van der Waals surface area contributed by atoms with E-state index in [2.05, 4.69) is 10.3 Å². The molecule has 23 heavy (non-hydrogen) atoms. The normalized spacial score (nSPS) is 19.0. The maximum Gasteiger partial charge on any atom is 0.427 e. The molecule has 0 saturated carbocycles. The van der Waals surface area contributed by atoms with Crippen LogP contribution in [0.15, 0.2) is 6.20 Å². The minimum absolute atomic E-state index is 0.108. The van der Waals surface area contributed by atoms with E-state index in [0.717, 1.165) is 19.0 Å². The first-order chi connectivity index (χ1) is 10.6. The van der Waals surface area contributed by atoms with Crippen molar-refractivity contribution in [1.82, 2.24) is 9.88 Å². The number of amides is 1. The summed E-state index contributed by atoms with van der Waals surface area (Å²) < 4.78 is 43.0. The van der Waals surface area contributed by atoms with Crippen LogP contribution in [0, 0.1) is 0 Å². The Bertz CT molecular complexity index is 554. The van der Waals surface area contributed by atoms with E-state index < -0.39 is 22.7 Å². The van der Waals surface area contributed by atoms with Crippen molar-refractivity contribution in [3.05, 3.63) is 11.1 Å². The van der Waals surface area contributed by atoms with Crippen molar-refractivity contribution in [2.45, 2.75) is 51.4 Å². The van der Waals surface area contributed by atoms with Gasteiger partial charge in [0.1, 0.15) is 10.5 Å². The van der Waals surface area contributed by atoms with E-state index in [1.54, 1.807) is 25.7 Å². The second kappa shape index (κ2) is 6.54. The van der Waals surface area contributed by atoms with Gasteiger partial charge in [-0.15, -0.1) is 0 Å². The van der Waals surface area contributed by atoms with Gasteiger partial charge in [0, 0.05) is 13.1 Å². The number of ether oxygens (including phenoxy) is 1. The van der Waals surface area contributed by atoms with Gasteiger partial charge in [-0.05, 0) is 33.6 Å². The topological polar surface area (TPSA) is 54.5 Å². The lowest BCUT2D eigenvalue weighted by Crippen LogP contribution is -2.42. The molecule has 1 aliphatic heterocycles. The molecular formula is C14H20F3N3O2S. The summed E-state index contributed by atoms with van der Waals surface area (Å²) in [5.41, 5.74) is -0.575. The summed E-state index contributed by atoms with van der Waals surface area (Å²) in [7, 11) is 0. The molecule has 2 rings (SSSR count). The van der Waals surface area contributed by atoms with Gasteiger partial charge >= 0.3 is 12.3 Å². The predicted octanol–water partition coefficient (Wildman–Crippen LogP) is 3.97. The summed E-state index contributed by atoms with van der Waals surface area (Å²) in [6, 6.07) is -0.108. The first kappa shape index (κ1) is 17.8. The van der Waals surface area contributed by atoms with Crippen LogP contribution in [-0.4, -0.2) is 40.7 Å². The number of hydrogen-bond donors (Lipinski definition) is 1. The molecule has 130 valence electrons. The van der Waals surface area contributed by atoms with Crippen LogP contribution in [-0.2, 0) is 10.9 Å². The van der Waals surface area contributed by atoms with Crippen molar-refractivity contribution in [1.29, 1.82) is 0 Å². The fourth-order valence-corrected chi connectivity index (χ4v) is 2.99. The van der Waals surface area contributed by atoms with E-state index >= 15 is 0 Å². The number of likely N-dealkylation sites (tertiary alicyclic amines) is 1. The Kier molecular flexibility index (Phi) is 5.07. The van der Waals surface area contributed by atoms with Crippen molar-refractivity contribution < 1.29 is 22.7 Å². The molecule has 1 aliphatic rings. The quantitative estimate of drug-likeness (QED) is 0.895. The number of nitrogens with zero attached hydrogens (tertiary/aromatic N) is 2. The lowest BCUT2D eigenvalue weighted by molar-refractivity contribution is -0.134. The molecule has 1 saturated heterocycles. The molecule has 5 nitrogen and oxygen atoms in total. The molecule has 1 amide bonds. The summed E-state index contributed by atoms with van der Waals surface area (Å²) in [6.07, 6.45) is -2.33. The Morgan fingerprint density at radius 3 is 2.74 bits per heavy atom. The van der Waals surface area contributed by atoms with Crippen LogP contribution in [0.1, 0.15) is 38.5 Å². The molecule has 2 heterocycles. The largest absolute Gasteiger partial charge is 0.444 e. The number of halogens is 3. The van der Waals surface area contributed by atoms with Crippen molar-refractivity contribution in [3.63, 3.8) is 0 Å². The molecule has 1 N–H and O–H groups in total. The summed E-state index contributed by atoms with van der Waals surface area (Å²) in [6.45, 7) is 6.32. The zero-order valence-corrected chi connectivity index (χ0v) is 14.1. The van der Waals surface area contributed by atoms with E-state index in [1.807, 2.05) is 0 Å². The third kappa shape index (κ3) is 4.98. The monoisotopic (exact) mass is 351 g/mol. The molecule has 0 aliphatic carbocycles. The number of anilines is 1. The van der Waals surface area contributed by atoms with Crippen molar-refractivity contribution in [2.24, 2.45) is 0 Å². The average Bonchev–Trinajstić information content (AvgIpc) is 3.02. The fraction of sp³-hybridized carbons (Fsp3) is 0.714. The third-order valence-corrected chi connectivity index (χ3v) is 4.28. The highest BCUT2D eigenvalue weighted by molar-refractivity contribution is 7.15. The van der Waals surface area contributed by atoms with Gasteiger partial charge < -0.3 is 15.0 Å². The van der Waals surface area contributed by atoms with Crippen molar-refractivity contribution >= 4 is 22.6 Å². The number of thiazole rings is 1. The van der Waals surface area contributed by atoms with Gasteiger partial charge in [-0.2, -0.15) is 13.2 Å². The van der Waals surface area contributed by atoms with Crippen LogP contribution in [0.25, 0.3) is 0 Å². The van der Waals surface area contributed by atoms with Crippen LogP contribution in [0.3, 0.4) is 0 Å². The Morgan fingerprint density at radius 1 is 1.48 bits per heavy atom. The van der Waals surface area contributed by atoms with Gasteiger partial charge in [-0.3, -0.25) is 0 Å². The van der Waals surface area contributed by atoms with Gasteiger partial charge in [-0.1, -0.05) is 11.3 Å². The molecule has 1 aromatic rings. The molecule has 1 aromatic heterocycles. The number of aromatic nitrogens is 1. The highest BCUT2D eigenvalue weighted by Gasteiger charge is 2.34. The minimum atomic E-state index is -4.38. The number of hydrogen-bond acceptors (Lipinski definition) is 5. The Morgan fingerprint density at radius 2 is 2.17 bits per heavy atom. The SMILES string of the molecule is CC(C)(C)OC(=O)N1CCCC1CNc1ncc(C(F)(F)F)s1. The van der Waals surface area contributed by atoms with E-state index in [4.69, 9.17) is 4.74 Å². The smallest absolute Gasteiger partial charge is 0.427 e. The second-order valence-electron chi connectivity index (χ2n) is 6.38. The zero-order valence-electron chi connectivity index (χ0n) is 13.2. The van der Waals surface area contributed by atoms with Crippen LogP contribution in [0.2, 0.25) is 0 Å². The Labute approximate surface area is 136 Å². The summed E-state index contributed by atoms with van der Waals surface area (Å²) in [4.78, 5) is 16.7. The van der Waals surface area contributed by atoms with Crippen LogP contribution < -0.4 is 5.32 Å². The van der Waals surface area contributed by atoms with Gasteiger partial charge in [0.05, 0.1) is 12.2 Å². The molecule has 0 bridgehead atoms. The lowest BCUT2D eigenvalue weighted by atomic mass is 10.2. The Hall–Kier alpha value is -1.51. The molecule has 0 spiro atoms. The maximum atomic E-state index is 12.5. The summed E-state index contributed by atoms with van der Waals surface area (Å²) in [5.74, 6) is 0. The molecule has 1 fully saturated rings. The van der Waals surface area contributed by atoms with Crippen LogP contribution in [0.5, 0.6) is 0 Å². The second-order valence-corrected chi connectivity index (χ2v) is 7.41. The van der Waals surface area contributed by atoms with Crippen LogP contribution in [0.4, 0.5) is 23.1 Å². The van der Waals surface area contributed by atoms with Gasteiger partial charge in [0.15, 0.2) is 5.13 Å². The highest BCUT2D eigenvalue weighted by atomic mass is 32.1. The number of carbonyl (C=O) groups is 1. The molecule has 1 atom stereocenters. The third-order valence-electron chi connectivity index (χ3n) is 3.28. The number of alkyl halides is 3. The molecular weight excluding hydrogens is 331 g/mol. The van der Waals surface area contributed by atoms with E-state index in [1.165, 1.54) is 0 Å². The maximum absolute atomic E-state index is 12.5. The molecule has 9 heteroatoms. The van der Waals surface area contributed by atoms with E-state index in [9.17, 15) is 18.0 Å². The fourth-order valence-electron chi connectivity index (χ4n) is 2.30. The average molecular weight is 351 g/mol. The summed E-state index contributed by atoms with van der Waals surface area (Å²) >= 11 is 0.561. The first-order valence-electron chi connectivity index (χ1n) is 7.33. The summed E-state index contributed by atoms with van der Waals surface area (Å²) in [5, 5.41) is 3.09. The van der Waals surface area contributed by atoms with Crippen molar-refractivity contribution in [3.8, 4) is 0 Å². The standard InChI is InChI=1S/C14H20F3N3O2S/c1-13(2,3)22-12(21)20-6-4-5-9(20)7-18-11-19-8-10(23-11)14(15,16)17/h8-9H,4-7H2,1-3H3,(H,18,19). The molecule has 1 unspecified atom stereocenters. The molecule has 0 radical (unpaired) electrons. The predicted molar refractivity (Wildman–Crippen MR) is 81.6 cm³/mol. The van der Waals surface area contributed by atoms with Crippen molar-refractivity contribution in [2.75, 3.05) is 18.4 Å². The van der Waals surface area contributed by atoms with Gasteiger partial charge in [0.2, 0.25) is 0 Å². The first-order valence-corrected chi connectivity index (χ1v) is 8.14. The Balaban J connectivity index is 1.92. The minimum Gasteiger partial charge on any atom is -0.444 e. The molecule has 0 aromatic carbocycles. The lowest BCUT2D eigenvalue weighted by Gasteiger charge is -2.28. The number of carbonyl (C=O) groups excluding carboxylic acids is 1.